The second kappa shape index (κ2) is 10.4. The van der Waals surface area contributed by atoms with Crippen LogP contribution >= 0.6 is 0 Å². The van der Waals surface area contributed by atoms with Gasteiger partial charge in [-0.3, -0.25) is 4.79 Å². The van der Waals surface area contributed by atoms with Crippen molar-refractivity contribution in [1.82, 2.24) is 34.8 Å². The molecule has 32 heavy (non-hydrogen) atoms. The number of rotatable bonds is 6. The molecule has 10 nitrogen and oxygen atoms in total. The SMILES string of the molecule is CC(C)n1cnc(Nc2nc(N3CCCC3)nn3cccc23)c1.O=CN[C@@H]1CCCNC1. The number of imidazole rings is 1. The summed E-state index contributed by atoms with van der Waals surface area (Å²) in [7, 11) is 0. The molecule has 0 radical (unpaired) electrons. The molecule has 2 saturated heterocycles. The van der Waals surface area contributed by atoms with Gasteiger partial charge in [0.15, 0.2) is 5.82 Å². The molecular weight excluding hydrogens is 406 g/mol. The minimum atomic E-state index is 0.372. The van der Waals surface area contributed by atoms with E-state index in [9.17, 15) is 4.79 Å². The standard InChI is InChI=1S/C16H21N7.C6H12N2O/c1-12(2)22-10-14(17-11-22)18-15-13-6-5-9-23(13)20-16(19-15)21-7-3-4-8-21;9-5-8-6-2-1-3-7-4-6/h5-6,9-12H,3-4,7-8H2,1-2H3,(H,18,19,20);5-7H,1-4H2,(H,8,9)/t;6-/m.1/s1. The molecular formula is C22H33N9O. The molecule has 172 valence electrons. The number of anilines is 3. The maximum atomic E-state index is 9.93. The lowest BCUT2D eigenvalue weighted by molar-refractivity contribution is -0.110. The molecule has 0 bridgehead atoms. The summed E-state index contributed by atoms with van der Waals surface area (Å²) in [6.45, 7) is 8.33. The van der Waals surface area contributed by atoms with E-state index in [4.69, 9.17) is 4.98 Å². The van der Waals surface area contributed by atoms with Gasteiger partial charge in [-0.1, -0.05) is 0 Å². The second-order valence-electron chi connectivity index (χ2n) is 8.55. The largest absolute Gasteiger partial charge is 0.355 e. The Morgan fingerprint density at radius 3 is 2.78 bits per heavy atom. The quantitative estimate of drug-likeness (QED) is 0.506. The lowest BCUT2D eigenvalue weighted by atomic mass is 10.1. The molecule has 5 rings (SSSR count). The zero-order valence-electron chi connectivity index (χ0n) is 18.9. The summed E-state index contributed by atoms with van der Waals surface area (Å²) in [6.07, 6.45) is 11.3. The highest BCUT2D eigenvalue weighted by molar-refractivity contribution is 5.72. The normalized spacial score (nSPS) is 18.5. The summed E-state index contributed by atoms with van der Waals surface area (Å²) >= 11 is 0. The Morgan fingerprint density at radius 1 is 1.25 bits per heavy atom. The van der Waals surface area contributed by atoms with Gasteiger partial charge < -0.3 is 25.4 Å². The molecule has 0 aliphatic carbocycles. The highest BCUT2D eigenvalue weighted by atomic mass is 16.1. The summed E-state index contributed by atoms with van der Waals surface area (Å²) in [4.78, 5) is 21.3. The lowest BCUT2D eigenvalue weighted by Crippen LogP contribution is -2.42. The molecule has 2 aliphatic heterocycles. The maximum absolute atomic E-state index is 9.93. The van der Waals surface area contributed by atoms with Crippen molar-refractivity contribution in [2.45, 2.75) is 51.6 Å². The van der Waals surface area contributed by atoms with Crippen LogP contribution in [-0.4, -0.2) is 62.8 Å². The highest BCUT2D eigenvalue weighted by Gasteiger charge is 2.18. The fraction of sp³-hybridized carbons (Fsp3) is 0.545. The smallest absolute Gasteiger partial charge is 0.245 e. The molecule has 1 atom stereocenters. The number of carbonyl (C=O) groups is 1. The summed E-state index contributed by atoms with van der Waals surface area (Å²) in [5.41, 5.74) is 0.951. The molecule has 5 heterocycles. The topological polar surface area (TPSA) is 104 Å². The first-order chi connectivity index (χ1) is 15.6. The van der Waals surface area contributed by atoms with Crippen molar-refractivity contribution in [1.29, 1.82) is 0 Å². The molecule has 0 spiro atoms. The van der Waals surface area contributed by atoms with Crippen molar-refractivity contribution in [3.05, 3.63) is 30.9 Å². The van der Waals surface area contributed by atoms with Crippen LogP contribution in [0.5, 0.6) is 0 Å². The first-order valence-corrected chi connectivity index (χ1v) is 11.5. The van der Waals surface area contributed by atoms with Gasteiger partial charge in [0.2, 0.25) is 12.4 Å². The van der Waals surface area contributed by atoms with E-state index in [1.165, 1.54) is 19.3 Å². The minimum Gasteiger partial charge on any atom is -0.355 e. The van der Waals surface area contributed by atoms with Crippen molar-refractivity contribution in [2.75, 3.05) is 36.4 Å². The molecule has 0 saturated carbocycles. The van der Waals surface area contributed by atoms with E-state index in [1.54, 1.807) is 0 Å². The molecule has 0 aromatic carbocycles. The van der Waals surface area contributed by atoms with Crippen LogP contribution in [0.1, 0.15) is 45.6 Å². The number of piperidine rings is 1. The van der Waals surface area contributed by atoms with Crippen molar-refractivity contribution in [2.24, 2.45) is 0 Å². The predicted molar refractivity (Wildman–Crippen MR) is 125 cm³/mol. The van der Waals surface area contributed by atoms with Crippen molar-refractivity contribution >= 4 is 29.5 Å². The average molecular weight is 440 g/mol. The third-order valence-corrected chi connectivity index (χ3v) is 5.81. The Kier molecular flexibility index (Phi) is 7.21. The van der Waals surface area contributed by atoms with Crippen LogP contribution in [0.15, 0.2) is 30.9 Å². The van der Waals surface area contributed by atoms with Gasteiger partial charge in [-0.25, -0.2) is 9.50 Å². The predicted octanol–water partition coefficient (Wildman–Crippen LogP) is 2.33. The minimum absolute atomic E-state index is 0.372. The third kappa shape index (κ3) is 5.37. The van der Waals surface area contributed by atoms with Gasteiger partial charge in [0.1, 0.15) is 11.3 Å². The molecule has 2 aliphatic rings. The number of hydrogen-bond donors (Lipinski definition) is 3. The van der Waals surface area contributed by atoms with Crippen LogP contribution in [-0.2, 0) is 4.79 Å². The number of hydrogen-bond acceptors (Lipinski definition) is 7. The number of nitrogens with zero attached hydrogens (tertiary/aromatic N) is 6. The van der Waals surface area contributed by atoms with Crippen LogP contribution in [0.2, 0.25) is 0 Å². The van der Waals surface area contributed by atoms with Gasteiger partial charge in [0.05, 0.1) is 6.33 Å². The van der Waals surface area contributed by atoms with Crippen molar-refractivity contribution in [3.8, 4) is 0 Å². The molecule has 3 aromatic rings. The molecule has 1 amide bonds. The molecule has 0 unspecified atom stereocenters. The number of carbonyl (C=O) groups excluding carboxylic acids is 1. The lowest BCUT2D eigenvalue weighted by Gasteiger charge is -2.21. The van der Waals surface area contributed by atoms with E-state index >= 15 is 0 Å². The second-order valence-corrected chi connectivity index (χ2v) is 8.55. The summed E-state index contributed by atoms with van der Waals surface area (Å²) in [5, 5.41) is 13.9. The van der Waals surface area contributed by atoms with Gasteiger partial charge in [-0.15, -0.1) is 5.10 Å². The van der Waals surface area contributed by atoms with Gasteiger partial charge in [-0.2, -0.15) is 4.98 Å². The number of fused-ring (bicyclic) bond motifs is 1. The Morgan fingerprint density at radius 2 is 2.09 bits per heavy atom. The fourth-order valence-corrected chi connectivity index (χ4v) is 3.96. The van der Waals surface area contributed by atoms with Gasteiger partial charge in [0, 0.05) is 44.1 Å². The molecule has 2 fully saturated rings. The summed E-state index contributed by atoms with van der Waals surface area (Å²) in [5.74, 6) is 2.37. The Bertz CT molecular complexity index is 1000. The Balaban J connectivity index is 0.000000230. The van der Waals surface area contributed by atoms with Crippen LogP contribution in [0.3, 0.4) is 0 Å². The van der Waals surface area contributed by atoms with Crippen LogP contribution in [0.25, 0.3) is 5.52 Å². The van der Waals surface area contributed by atoms with Gasteiger partial charge in [-0.05, 0) is 58.2 Å². The van der Waals surface area contributed by atoms with Crippen LogP contribution in [0, 0.1) is 0 Å². The fourth-order valence-electron chi connectivity index (χ4n) is 3.96. The van der Waals surface area contributed by atoms with E-state index in [0.717, 1.165) is 62.1 Å². The Labute approximate surface area is 188 Å². The van der Waals surface area contributed by atoms with E-state index < -0.39 is 0 Å². The highest BCUT2D eigenvalue weighted by Crippen LogP contribution is 2.24. The van der Waals surface area contributed by atoms with Gasteiger partial charge >= 0.3 is 0 Å². The zero-order valence-corrected chi connectivity index (χ0v) is 18.9. The average Bonchev–Trinajstić information content (AvgIpc) is 3.56. The number of nitrogens with one attached hydrogen (secondary N) is 3. The van der Waals surface area contributed by atoms with E-state index in [2.05, 4.69) is 49.3 Å². The molecule has 3 N–H and O–H groups in total. The maximum Gasteiger partial charge on any atom is 0.245 e. The monoisotopic (exact) mass is 439 g/mol. The third-order valence-electron chi connectivity index (χ3n) is 5.81. The van der Waals surface area contributed by atoms with Crippen LogP contribution < -0.4 is 20.9 Å². The zero-order chi connectivity index (χ0) is 22.3. The van der Waals surface area contributed by atoms with E-state index in [1.807, 2.05) is 35.4 Å². The van der Waals surface area contributed by atoms with E-state index in [0.29, 0.717) is 12.1 Å². The molecule has 3 aromatic heterocycles. The van der Waals surface area contributed by atoms with Crippen LogP contribution in [0.4, 0.5) is 17.6 Å². The Hall–Kier alpha value is -3.14. The first kappa shape index (κ1) is 22.1. The van der Waals surface area contributed by atoms with Crippen molar-refractivity contribution < 1.29 is 4.79 Å². The first-order valence-electron chi connectivity index (χ1n) is 11.5. The van der Waals surface area contributed by atoms with Gasteiger partial charge in [0.25, 0.3) is 0 Å². The number of aromatic nitrogens is 5. The number of amides is 1. The summed E-state index contributed by atoms with van der Waals surface area (Å²) < 4.78 is 3.95. The van der Waals surface area contributed by atoms with Crippen molar-refractivity contribution in [3.63, 3.8) is 0 Å². The molecule has 10 heteroatoms. The summed E-state index contributed by atoms with van der Waals surface area (Å²) in [6, 6.07) is 4.75. The van der Waals surface area contributed by atoms with E-state index in [-0.39, 0.29) is 0 Å².